The van der Waals surface area contributed by atoms with Crippen LogP contribution in [0.1, 0.15) is 15.9 Å². The van der Waals surface area contributed by atoms with Gasteiger partial charge in [-0.1, -0.05) is 54.2 Å². The molecule has 0 spiro atoms. The molecule has 0 aliphatic carbocycles. The van der Waals surface area contributed by atoms with Gasteiger partial charge in [-0.3, -0.25) is 9.59 Å². The van der Waals surface area contributed by atoms with Gasteiger partial charge in [-0.15, -0.1) is 0 Å². The van der Waals surface area contributed by atoms with Crippen molar-refractivity contribution in [2.75, 3.05) is 22.5 Å². The van der Waals surface area contributed by atoms with E-state index in [1.807, 2.05) is 6.07 Å². The van der Waals surface area contributed by atoms with Crippen LogP contribution in [0.2, 0.25) is 0 Å². The van der Waals surface area contributed by atoms with E-state index in [2.05, 4.69) is 20.3 Å². The van der Waals surface area contributed by atoms with Gasteiger partial charge in [0.25, 0.3) is 0 Å². The van der Waals surface area contributed by atoms with Crippen LogP contribution in [0.25, 0.3) is 0 Å². The van der Waals surface area contributed by atoms with Crippen molar-refractivity contribution in [3.63, 3.8) is 0 Å². The standard InChI is InChI=1S/C18H16N6O2S/c19-16-22-17(20)24-18(23-16)27-10-14(25)21-13-9-5-4-8-12(13)15(26)11-6-2-1-3-7-11/h1-9H,10H2,(H,21,25)(H4,19,20,22,23,24). The second kappa shape index (κ2) is 8.28. The largest absolute Gasteiger partial charge is 0.368 e. The smallest absolute Gasteiger partial charge is 0.234 e. The summed E-state index contributed by atoms with van der Waals surface area (Å²) in [6.45, 7) is 0. The zero-order chi connectivity index (χ0) is 19.2. The predicted molar refractivity (Wildman–Crippen MR) is 104 cm³/mol. The van der Waals surface area contributed by atoms with Gasteiger partial charge in [-0.2, -0.15) is 15.0 Å². The lowest BCUT2D eigenvalue weighted by molar-refractivity contribution is -0.113. The third kappa shape index (κ3) is 4.79. The van der Waals surface area contributed by atoms with Crippen molar-refractivity contribution in [2.24, 2.45) is 0 Å². The number of nitrogens with one attached hydrogen (secondary N) is 1. The number of anilines is 3. The fourth-order valence-corrected chi connectivity index (χ4v) is 2.95. The van der Waals surface area contributed by atoms with Crippen LogP contribution in [-0.2, 0) is 4.79 Å². The van der Waals surface area contributed by atoms with Gasteiger partial charge < -0.3 is 16.8 Å². The van der Waals surface area contributed by atoms with Crippen LogP contribution in [0.3, 0.4) is 0 Å². The number of thioether (sulfide) groups is 1. The fourth-order valence-electron chi connectivity index (χ4n) is 2.30. The molecule has 0 bridgehead atoms. The average Bonchev–Trinajstić information content (AvgIpc) is 2.66. The maximum absolute atomic E-state index is 12.7. The molecule has 0 radical (unpaired) electrons. The number of nitrogens with two attached hydrogens (primary N) is 2. The van der Waals surface area contributed by atoms with Crippen LogP contribution >= 0.6 is 11.8 Å². The van der Waals surface area contributed by atoms with Crippen LogP contribution in [0.4, 0.5) is 17.6 Å². The summed E-state index contributed by atoms with van der Waals surface area (Å²) in [5.41, 5.74) is 12.4. The number of aromatic nitrogens is 3. The molecule has 0 aliphatic rings. The van der Waals surface area contributed by atoms with Crippen LogP contribution in [-0.4, -0.2) is 32.4 Å². The summed E-state index contributed by atoms with van der Waals surface area (Å²) in [5, 5.41) is 3.00. The van der Waals surface area contributed by atoms with Crippen molar-refractivity contribution in [1.29, 1.82) is 0 Å². The van der Waals surface area contributed by atoms with Crippen molar-refractivity contribution in [3.8, 4) is 0 Å². The van der Waals surface area contributed by atoms with Gasteiger partial charge in [0.15, 0.2) is 10.9 Å². The van der Waals surface area contributed by atoms with Crippen LogP contribution < -0.4 is 16.8 Å². The number of para-hydroxylation sites is 1. The van der Waals surface area contributed by atoms with E-state index in [-0.39, 0.29) is 34.5 Å². The van der Waals surface area contributed by atoms with Crippen molar-refractivity contribution in [2.45, 2.75) is 5.16 Å². The Kier molecular flexibility index (Phi) is 5.62. The zero-order valence-corrected chi connectivity index (χ0v) is 14.9. The molecule has 27 heavy (non-hydrogen) atoms. The van der Waals surface area contributed by atoms with Crippen LogP contribution in [0.15, 0.2) is 59.8 Å². The highest BCUT2D eigenvalue weighted by Gasteiger charge is 2.15. The van der Waals surface area contributed by atoms with Crippen molar-refractivity contribution >= 4 is 41.0 Å². The van der Waals surface area contributed by atoms with Crippen LogP contribution in [0.5, 0.6) is 0 Å². The molecule has 0 saturated carbocycles. The topological polar surface area (TPSA) is 137 Å². The Bertz CT molecular complexity index is 960. The number of ketones is 1. The molecule has 8 nitrogen and oxygen atoms in total. The van der Waals surface area contributed by atoms with Gasteiger partial charge >= 0.3 is 0 Å². The van der Waals surface area contributed by atoms with Crippen molar-refractivity contribution in [1.82, 2.24) is 15.0 Å². The molecular weight excluding hydrogens is 364 g/mol. The number of benzene rings is 2. The number of carbonyl (C=O) groups is 2. The van der Waals surface area contributed by atoms with Gasteiger partial charge in [0.2, 0.25) is 17.8 Å². The fraction of sp³-hybridized carbons (Fsp3) is 0.0556. The predicted octanol–water partition coefficient (Wildman–Crippen LogP) is 2.00. The summed E-state index contributed by atoms with van der Waals surface area (Å²) < 4.78 is 0. The summed E-state index contributed by atoms with van der Waals surface area (Å²) in [5.74, 6) is -0.479. The minimum absolute atomic E-state index is 0.00999. The highest BCUT2D eigenvalue weighted by molar-refractivity contribution is 7.99. The maximum atomic E-state index is 12.7. The average molecular weight is 380 g/mol. The number of nitrogens with zero attached hydrogens (tertiary/aromatic N) is 3. The Morgan fingerprint density at radius 2 is 1.52 bits per heavy atom. The number of rotatable bonds is 6. The number of nitrogen functional groups attached to an aromatic ring is 2. The molecule has 9 heteroatoms. The Hall–Kier alpha value is -3.46. The Morgan fingerprint density at radius 3 is 2.22 bits per heavy atom. The van der Waals surface area contributed by atoms with Gasteiger partial charge in [-0.25, -0.2) is 0 Å². The normalized spacial score (nSPS) is 10.4. The molecule has 0 fully saturated rings. The zero-order valence-electron chi connectivity index (χ0n) is 14.1. The molecule has 2 aromatic carbocycles. The lowest BCUT2D eigenvalue weighted by atomic mass is 10.0. The summed E-state index contributed by atoms with van der Waals surface area (Å²) in [7, 11) is 0. The second-order valence-electron chi connectivity index (χ2n) is 5.41. The van der Waals surface area contributed by atoms with E-state index in [1.54, 1.807) is 48.5 Å². The van der Waals surface area contributed by atoms with Gasteiger partial charge in [0.05, 0.1) is 11.4 Å². The van der Waals surface area contributed by atoms with Gasteiger partial charge in [0.1, 0.15) is 0 Å². The van der Waals surface area contributed by atoms with E-state index < -0.39 is 0 Å². The summed E-state index contributed by atoms with van der Waals surface area (Å²) in [6, 6.07) is 15.7. The van der Waals surface area contributed by atoms with Gasteiger partial charge in [-0.05, 0) is 12.1 Å². The third-order valence-electron chi connectivity index (χ3n) is 3.46. The SMILES string of the molecule is Nc1nc(N)nc(SCC(=O)Nc2ccccc2C(=O)c2ccccc2)n1. The van der Waals surface area contributed by atoms with Crippen LogP contribution in [0, 0.1) is 0 Å². The molecule has 3 aromatic rings. The lowest BCUT2D eigenvalue weighted by Gasteiger charge is -2.10. The maximum Gasteiger partial charge on any atom is 0.234 e. The lowest BCUT2D eigenvalue weighted by Crippen LogP contribution is -2.17. The Morgan fingerprint density at radius 1 is 0.889 bits per heavy atom. The first-order valence-corrected chi connectivity index (χ1v) is 8.90. The minimum atomic E-state index is -0.314. The van der Waals surface area contributed by atoms with E-state index in [4.69, 9.17) is 11.5 Å². The van der Waals surface area contributed by atoms with E-state index >= 15 is 0 Å². The molecule has 0 saturated heterocycles. The third-order valence-corrected chi connectivity index (χ3v) is 4.31. The molecule has 1 aromatic heterocycles. The Labute approximate surface area is 159 Å². The molecule has 1 amide bonds. The quantitative estimate of drug-likeness (QED) is 0.436. The van der Waals surface area contributed by atoms with E-state index in [0.29, 0.717) is 16.8 Å². The number of carbonyl (C=O) groups excluding carboxylic acids is 2. The molecular formula is C18H16N6O2S. The molecule has 1 heterocycles. The van der Waals surface area contributed by atoms with Crippen molar-refractivity contribution in [3.05, 3.63) is 65.7 Å². The highest BCUT2D eigenvalue weighted by Crippen LogP contribution is 2.20. The highest BCUT2D eigenvalue weighted by atomic mass is 32.2. The number of hydrogen-bond acceptors (Lipinski definition) is 8. The number of amides is 1. The summed E-state index contributed by atoms with van der Waals surface area (Å²) >= 11 is 1.07. The molecule has 0 atom stereocenters. The second-order valence-corrected chi connectivity index (χ2v) is 6.35. The minimum Gasteiger partial charge on any atom is -0.368 e. The van der Waals surface area contributed by atoms with E-state index in [0.717, 1.165) is 11.8 Å². The number of hydrogen-bond donors (Lipinski definition) is 3. The molecule has 0 unspecified atom stereocenters. The monoisotopic (exact) mass is 380 g/mol. The van der Waals surface area contributed by atoms with Crippen molar-refractivity contribution < 1.29 is 9.59 Å². The molecule has 3 rings (SSSR count). The van der Waals surface area contributed by atoms with Gasteiger partial charge in [0, 0.05) is 11.1 Å². The van der Waals surface area contributed by atoms with E-state index in [1.165, 1.54) is 0 Å². The Balaban J connectivity index is 1.70. The molecule has 136 valence electrons. The summed E-state index contributed by atoms with van der Waals surface area (Å²) in [4.78, 5) is 36.5. The van der Waals surface area contributed by atoms with E-state index in [9.17, 15) is 9.59 Å². The first-order valence-electron chi connectivity index (χ1n) is 7.91. The molecule has 0 aliphatic heterocycles. The first kappa shape index (κ1) is 18.3. The first-order chi connectivity index (χ1) is 13.0. The molecule has 5 N–H and O–H groups in total. The summed E-state index contributed by atoms with van der Waals surface area (Å²) in [6.07, 6.45) is 0.